The fourth-order valence-electron chi connectivity index (χ4n) is 7.63. The zero-order valence-electron chi connectivity index (χ0n) is 27.7. The maximum Gasteiger partial charge on any atom is 0.0998 e. The van der Waals surface area contributed by atoms with Gasteiger partial charge in [-0.1, -0.05) is 79.7 Å². The molecule has 1 aromatic heterocycles. The third-order valence-corrected chi connectivity index (χ3v) is 9.94. The second kappa shape index (κ2) is 12.3. The summed E-state index contributed by atoms with van der Waals surface area (Å²) in [6.45, 7) is 4.35. The van der Waals surface area contributed by atoms with Crippen LogP contribution in [0, 0.1) is 34.0 Å². The van der Waals surface area contributed by atoms with E-state index in [0.29, 0.717) is 22.6 Å². The number of allylic oxidation sites excluding steroid dienone is 1. The molecule has 5 nitrogen and oxygen atoms in total. The van der Waals surface area contributed by atoms with Gasteiger partial charge in [0.05, 0.1) is 52.0 Å². The maximum absolute atomic E-state index is 10.5. The second-order valence-electron chi connectivity index (χ2n) is 12.7. The average Bonchev–Trinajstić information content (AvgIpc) is 3.65. The van der Waals surface area contributed by atoms with Gasteiger partial charge in [0.2, 0.25) is 0 Å². The molecule has 1 aliphatic heterocycles. The predicted octanol–water partition coefficient (Wildman–Crippen LogP) is 10.9. The highest BCUT2D eigenvalue weighted by atomic mass is 15.2. The molecular weight excluding hydrogens is 611 g/mol. The van der Waals surface area contributed by atoms with Crippen LogP contribution in [0.2, 0.25) is 0 Å². The van der Waals surface area contributed by atoms with Gasteiger partial charge in [-0.2, -0.15) is 15.8 Å². The molecule has 0 N–H and O–H groups in total. The summed E-state index contributed by atoms with van der Waals surface area (Å²) in [4.78, 5) is 2.42. The minimum atomic E-state index is 0.157. The van der Waals surface area contributed by atoms with E-state index in [1.165, 1.54) is 11.3 Å². The SMILES string of the molecule is C/C=C\C1[C@H](C)c2ccccc2N1c1ccccc1-c1ccc(-c2cccc(-n3c4ccc(C#N)cc4c4cc(C#N)ccc43)c2)cc1C#N. The Kier molecular flexibility index (Phi) is 7.49. The number of benzene rings is 6. The standard InChI is InChI=1S/C45H31N5/c1-3-9-41-29(2)36-12-4-6-14-42(36)50(41)43-15-7-5-13-38(43)37-19-18-33(24-34(37)28-48)32-10-8-11-35(25-32)49-44-20-16-30(26-46)22-39(44)40-23-31(27-47)17-21-45(40)49/h3-25,29,41H,1-2H3/b9-3-/t29-,41?/m1/s1. The van der Waals surface area contributed by atoms with Crippen LogP contribution in [0.1, 0.15) is 42.0 Å². The van der Waals surface area contributed by atoms with Gasteiger partial charge in [-0.3, -0.25) is 0 Å². The Morgan fingerprint density at radius 1 is 0.600 bits per heavy atom. The normalized spacial score (nSPS) is 15.2. The van der Waals surface area contributed by atoms with Crippen molar-refractivity contribution in [2.75, 3.05) is 4.90 Å². The molecular formula is C45H31N5. The van der Waals surface area contributed by atoms with Gasteiger partial charge in [0.25, 0.3) is 0 Å². The van der Waals surface area contributed by atoms with Gasteiger partial charge in [-0.25, -0.2) is 0 Å². The lowest BCUT2D eigenvalue weighted by molar-refractivity contribution is 0.696. The molecule has 8 rings (SSSR count). The Balaban J connectivity index is 1.24. The third kappa shape index (κ3) is 4.83. The zero-order valence-corrected chi connectivity index (χ0v) is 27.7. The number of fused-ring (bicyclic) bond motifs is 4. The van der Waals surface area contributed by atoms with Gasteiger partial charge in [0.15, 0.2) is 0 Å². The van der Waals surface area contributed by atoms with Crippen LogP contribution in [0.3, 0.4) is 0 Å². The van der Waals surface area contributed by atoms with Gasteiger partial charge in [0, 0.05) is 44.9 Å². The van der Waals surface area contributed by atoms with Crippen molar-refractivity contribution in [3.63, 3.8) is 0 Å². The molecule has 0 amide bonds. The number of para-hydroxylation sites is 2. The number of anilines is 2. The molecule has 50 heavy (non-hydrogen) atoms. The molecule has 7 aromatic rings. The first-order valence-corrected chi connectivity index (χ1v) is 16.7. The molecule has 2 heterocycles. The van der Waals surface area contributed by atoms with Crippen molar-refractivity contribution in [2.24, 2.45) is 0 Å². The first kappa shape index (κ1) is 30.5. The van der Waals surface area contributed by atoms with E-state index in [0.717, 1.165) is 55.4 Å². The minimum absolute atomic E-state index is 0.157. The van der Waals surface area contributed by atoms with Gasteiger partial charge in [-0.05, 0) is 90.3 Å². The molecule has 5 heteroatoms. The van der Waals surface area contributed by atoms with Gasteiger partial charge in [-0.15, -0.1) is 0 Å². The lowest BCUT2D eigenvalue weighted by Gasteiger charge is -2.30. The van der Waals surface area contributed by atoms with Crippen LogP contribution in [0.25, 0.3) is 49.7 Å². The summed E-state index contributed by atoms with van der Waals surface area (Å²) >= 11 is 0. The molecule has 0 spiro atoms. The third-order valence-electron chi connectivity index (χ3n) is 9.94. The highest BCUT2D eigenvalue weighted by Crippen LogP contribution is 2.48. The Hall–Kier alpha value is -6.87. The highest BCUT2D eigenvalue weighted by Gasteiger charge is 2.35. The smallest absolute Gasteiger partial charge is 0.0998 e. The van der Waals surface area contributed by atoms with Crippen LogP contribution < -0.4 is 4.90 Å². The molecule has 0 radical (unpaired) electrons. The summed E-state index contributed by atoms with van der Waals surface area (Å²) in [7, 11) is 0. The number of nitrogens with zero attached hydrogens (tertiary/aromatic N) is 5. The highest BCUT2D eigenvalue weighted by molar-refractivity contribution is 6.10. The van der Waals surface area contributed by atoms with E-state index in [9.17, 15) is 15.8 Å². The first-order chi connectivity index (χ1) is 24.5. The fraction of sp³-hybridized carbons (Fsp3) is 0.0889. The Labute approximate surface area is 291 Å². The number of rotatable bonds is 5. The van der Waals surface area contributed by atoms with E-state index < -0.39 is 0 Å². The molecule has 2 atom stereocenters. The van der Waals surface area contributed by atoms with Crippen LogP contribution in [-0.4, -0.2) is 10.6 Å². The van der Waals surface area contributed by atoms with E-state index >= 15 is 0 Å². The fourth-order valence-corrected chi connectivity index (χ4v) is 7.63. The largest absolute Gasteiger partial charge is 0.333 e. The summed E-state index contributed by atoms with van der Waals surface area (Å²) in [6, 6.07) is 49.9. The average molecular weight is 642 g/mol. The van der Waals surface area contributed by atoms with Crippen LogP contribution in [0.15, 0.2) is 140 Å². The summed E-state index contributed by atoms with van der Waals surface area (Å²) in [5, 5.41) is 31.6. The number of hydrogen-bond acceptors (Lipinski definition) is 4. The summed E-state index contributed by atoms with van der Waals surface area (Å²) < 4.78 is 2.17. The van der Waals surface area contributed by atoms with E-state index in [1.807, 2.05) is 54.6 Å². The molecule has 236 valence electrons. The number of aromatic nitrogens is 1. The molecule has 0 fully saturated rings. The number of nitriles is 3. The summed E-state index contributed by atoms with van der Waals surface area (Å²) in [6.07, 6.45) is 4.39. The molecule has 0 aliphatic carbocycles. The molecule has 1 unspecified atom stereocenters. The van der Waals surface area contributed by atoms with E-state index in [2.05, 4.69) is 126 Å². The maximum atomic E-state index is 10.5. The van der Waals surface area contributed by atoms with Gasteiger partial charge < -0.3 is 9.47 Å². The van der Waals surface area contributed by atoms with Crippen LogP contribution >= 0.6 is 0 Å². The Bertz CT molecular complexity index is 2570. The Morgan fingerprint density at radius 2 is 1.26 bits per heavy atom. The second-order valence-corrected chi connectivity index (χ2v) is 12.7. The van der Waals surface area contributed by atoms with Crippen molar-refractivity contribution < 1.29 is 0 Å². The van der Waals surface area contributed by atoms with Crippen LogP contribution in [0.5, 0.6) is 0 Å². The quantitative estimate of drug-likeness (QED) is 0.175. The molecule has 1 aliphatic rings. The van der Waals surface area contributed by atoms with Crippen molar-refractivity contribution >= 4 is 33.2 Å². The minimum Gasteiger partial charge on any atom is -0.333 e. The van der Waals surface area contributed by atoms with Crippen molar-refractivity contribution in [2.45, 2.75) is 25.8 Å². The van der Waals surface area contributed by atoms with Crippen molar-refractivity contribution in [3.8, 4) is 46.1 Å². The van der Waals surface area contributed by atoms with E-state index in [4.69, 9.17) is 0 Å². The zero-order chi connectivity index (χ0) is 34.4. The predicted molar refractivity (Wildman–Crippen MR) is 201 cm³/mol. The Morgan fingerprint density at radius 3 is 1.94 bits per heavy atom. The van der Waals surface area contributed by atoms with Crippen molar-refractivity contribution in [1.29, 1.82) is 15.8 Å². The topological polar surface area (TPSA) is 79.5 Å². The molecule has 0 saturated carbocycles. The lowest BCUT2D eigenvalue weighted by atomic mass is 9.93. The lowest BCUT2D eigenvalue weighted by Crippen LogP contribution is -2.27. The molecule has 6 aromatic carbocycles. The molecule has 0 bridgehead atoms. The van der Waals surface area contributed by atoms with E-state index in [-0.39, 0.29) is 6.04 Å². The summed E-state index contributed by atoms with van der Waals surface area (Å²) in [5.74, 6) is 0.317. The van der Waals surface area contributed by atoms with Crippen molar-refractivity contribution in [3.05, 3.63) is 162 Å². The monoisotopic (exact) mass is 641 g/mol. The number of hydrogen-bond donors (Lipinski definition) is 0. The van der Waals surface area contributed by atoms with Gasteiger partial charge >= 0.3 is 0 Å². The van der Waals surface area contributed by atoms with E-state index in [1.54, 1.807) is 0 Å². The first-order valence-electron chi connectivity index (χ1n) is 16.7. The molecule has 0 saturated heterocycles. The summed E-state index contributed by atoms with van der Waals surface area (Å²) in [5.41, 5.74) is 12.0. The van der Waals surface area contributed by atoms with Crippen LogP contribution in [-0.2, 0) is 0 Å². The van der Waals surface area contributed by atoms with Gasteiger partial charge in [0.1, 0.15) is 0 Å². The van der Waals surface area contributed by atoms with Crippen LogP contribution in [0.4, 0.5) is 11.4 Å². The van der Waals surface area contributed by atoms with Crippen molar-refractivity contribution in [1.82, 2.24) is 4.57 Å².